The molecule has 0 saturated carbocycles. The second-order valence-electron chi connectivity index (χ2n) is 6.88. The van der Waals surface area contributed by atoms with Gasteiger partial charge in [0.2, 0.25) is 5.91 Å². The zero-order chi connectivity index (χ0) is 19.3. The first-order valence-electron chi connectivity index (χ1n) is 9.44. The summed E-state index contributed by atoms with van der Waals surface area (Å²) in [4.78, 5) is 19.4. The van der Waals surface area contributed by atoms with E-state index in [4.69, 9.17) is 16.0 Å². The lowest BCUT2D eigenvalue weighted by atomic mass is 10.2. The number of benzene rings is 1. The highest BCUT2D eigenvalue weighted by Gasteiger charge is 2.26. The van der Waals surface area contributed by atoms with E-state index in [2.05, 4.69) is 15.2 Å². The normalized spacial score (nSPS) is 15.6. The van der Waals surface area contributed by atoms with Crippen molar-refractivity contribution in [1.29, 1.82) is 0 Å². The Balaban J connectivity index is 1.37. The molecule has 0 radical (unpaired) electrons. The molecule has 3 heterocycles. The zero-order valence-corrected chi connectivity index (χ0v) is 17.0. The molecule has 2 aromatic heterocycles. The Bertz CT molecular complexity index is 919. The Kier molecular flexibility index (Phi) is 6.10. The number of hydrogen-bond acceptors (Lipinski definition) is 5. The molecule has 0 spiro atoms. The second kappa shape index (κ2) is 8.90. The molecule has 1 amide bonds. The average molecular weight is 416 g/mol. The SMILES string of the molecule is O=C(Cc1csc(-c2ccccc2Cl)n1)NC[C@@H](c1ccco1)N1CCCC1. The highest BCUT2D eigenvalue weighted by atomic mass is 35.5. The zero-order valence-electron chi connectivity index (χ0n) is 15.4. The fourth-order valence-electron chi connectivity index (χ4n) is 3.53. The van der Waals surface area contributed by atoms with Crippen LogP contribution in [0.1, 0.15) is 30.3 Å². The van der Waals surface area contributed by atoms with Crippen LogP contribution in [0, 0.1) is 0 Å². The van der Waals surface area contributed by atoms with E-state index in [-0.39, 0.29) is 18.4 Å². The van der Waals surface area contributed by atoms with Crippen molar-refractivity contribution in [3.63, 3.8) is 0 Å². The van der Waals surface area contributed by atoms with Gasteiger partial charge in [0.05, 0.1) is 29.4 Å². The van der Waals surface area contributed by atoms with Gasteiger partial charge in [0.25, 0.3) is 0 Å². The molecule has 5 nitrogen and oxygen atoms in total. The van der Waals surface area contributed by atoms with Gasteiger partial charge in [0, 0.05) is 17.5 Å². The quantitative estimate of drug-likeness (QED) is 0.614. The number of thiazole rings is 1. The number of furan rings is 1. The van der Waals surface area contributed by atoms with Gasteiger partial charge in [-0.3, -0.25) is 9.69 Å². The molecule has 1 aliphatic heterocycles. The van der Waals surface area contributed by atoms with Crippen molar-refractivity contribution in [3.05, 3.63) is 64.5 Å². The third-order valence-electron chi connectivity index (χ3n) is 4.94. The van der Waals surface area contributed by atoms with Crippen LogP contribution in [0.2, 0.25) is 5.02 Å². The van der Waals surface area contributed by atoms with E-state index in [9.17, 15) is 4.79 Å². The van der Waals surface area contributed by atoms with E-state index >= 15 is 0 Å². The molecule has 1 fully saturated rings. The maximum absolute atomic E-state index is 12.5. The lowest BCUT2D eigenvalue weighted by Crippen LogP contribution is -2.37. The van der Waals surface area contributed by atoms with Crippen molar-refractivity contribution in [1.82, 2.24) is 15.2 Å². The number of nitrogens with zero attached hydrogens (tertiary/aromatic N) is 2. The molecule has 3 aromatic rings. The molecule has 7 heteroatoms. The summed E-state index contributed by atoms with van der Waals surface area (Å²) < 4.78 is 5.61. The molecule has 1 aromatic carbocycles. The van der Waals surface area contributed by atoms with Crippen molar-refractivity contribution < 1.29 is 9.21 Å². The lowest BCUT2D eigenvalue weighted by Gasteiger charge is -2.25. The van der Waals surface area contributed by atoms with Gasteiger partial charge >= 0.3 is 0 Å². The molecule has 4 rings (SSSR count). The molecule has 1 aliphatic rings. The number of aromatic nitrogens is 1. The number of hydrogen-bond donors (Lipinski definition) is 1. The number of rotatable bonds is 7. The van der Waals surface area contributed by atoms with E-state index in [0.717, 1.165) is 35.1 Å². The summed E-state index contributed by atoms with van der Waals surface area (Å²) >= 11 is 7.75. The Morgan fingerprint density at radius 2 is 2.07 bits per heavy atom. The molecule has 0 unspecified atom stereocenters. The number of halogens is 1. The summed E-state index contributed by atoms with van der Waals surface area (Å²) in [7, 11) is 0. The second-order valence-corrected chi connectivity index (χ2v) is 8.14. The van der Waals surface area contributed by atoms with Crippen LogP contribution in [0.15, 0.2) is 52.5 Å². The molecular weight excluding hydrogens is 394 g/mol. The summed E-state index contributed by atoms with van der Waals surface area (Å²) in [5, 5.41) is 6.47. The maximum atomic E-state index is 12.5. The van der Waals surface area contributed by atoms with Crippen molar-refractivity contribution in [2.45, 2.75) is 25.3 Å². The molecule has 0 aliphatic carbocycles. The van der Waals surface area contributed by atoms with Crippen LogP contribution in [0.4, 0.5) is 0 Å². The van der Waals surface area contributed by atoms with Crippen molar-refractivity contribution in [2.24, 2.45) is 0 Å². The van der Waals surface area contributed by atoms with Gasteiger partial charge in [-0.1, -0.05) is 29.8 Å². The maximum Gasteiger partial charge on any atom is 0.226 e. The summed E-state index contributed by atoms with van der Waals surface area (Å²) in [5.41, 5.74) is 1.65. The Morgan fingerprint density at radius 1 is 1.25 bits per heavy atom. The van der Waals surface area contributed by atoms with Crippen LogP contribution in [-0.4, -0.2) is 35.4 Å². The first-order chi connectivity index (χ1) is 13.7. The Labute approximate surface area is 173 Å². The predicted molar refractivity (Wildman–Crippen MR) is 112 cm³/mol. The number of carbonyl (C=O) groups excluding carboxylic acids is 1. The van der Waals surface area contributed by atoms with Crippen LogP contribution in [0.3, 0.4) is 0 Å². The number of nitrogens with one attached hydrogen (secondary N) is 1. The van der Waals surface area contributed by atoms with Crippen LogP contribution in [0.5, 0.6) is 0 Å². The summed E-state index contributed by atoms with van der Waals surface area (Å²) in [6.45, 7) is 2.61. The van der Waals surface area contributed by atoms with Gasteiger partial charge in [-0.25, -0.2) is 4.98 Å². The van der Waals surface area contributed by atoms with Gasteiger partial charge in [0.1, 0.15) is 10.8 Å². The average Bonchev–Trinajstić information content (AvgIpc) is 3.46. The van der Waals surface area contributed by atoms with Gasteiger partial charge in [-0.15, -0.1) is 11.3 Å². The van der Waals surface area contributed by atoms with E-state index < -0.39 is 0 Å². The standard InChI is InChI=1S/C21H22ClN3O2S/c22-17-7-2-1-6-16(17)21-24-15(14-28-21)12-20(26)23-13-18(19-8-5-11-27-19)25-9-3-4-10-25/h1-2,5-8,11,14,18H,3-4,9-10,12-13H2,(H,23,26)/t18-/m0/s1. The molecule has 1 N–H and O–H groups in total. The molecule has 146 valence electrons. The van der Waals surface area contributed by atoms with Crippen molar-refractivity contribution in [3.8, 4) is 10.6 Å². The van der Waals surface area contributed by atoms with Crippen LogP contribution < -0.4 is 5.32 Å². The molecule has 1 atom stereocenters. The monoisotopic (exact) mass is 415 g/mol. The van der Waals surface area contributed by atoms with E-state index in [1.807, 2.05) is 41.8 Å². The van der Waals surface area contributed by atoms with Crippen LogP contribution >= 0.6 is 22.9 Å². The molecular formula is C21H22ClN3O2S. The van der Waals surface area contributed by atoms with Crippen LogP contribution in [0.25, 0.3) is 10.6 Å². The highest BCUT2D eigenvalue weighted by molar-refractivity contribution is 7.13. The number of carbonyl (C=O) groups is 1. The largest absolute Gasteiger partial charge is 0.468 e. The van der Waals surface area contributed by atoms with Gasteiger partial charge in [0.15, 0.2) is 0 Å². The van der Waals surface area contributed by atoms with Gasteiger partial charge < -0.3 is 9.73 Å². The Morgan fingerprint density at radius 3 is 2.82 bits per heavy atom. The molecule has 0 bridgehead atoms. The smallest absolute Gasteiger partial charge is 0.226 e. The summed E-state index contributed by atoms with van der Waals surface area (Å²) in [6.07, 6.45) is 4.32. The molecule has 28 heavy (non-hydrogen) atoms. The van der Waals surface area contributed by atoms with Crippen molar-refractivity contribution in [2.75, 3.05) is 19.6 Å². The van der Waals surface area contributed by atoms with E-state index in [1.165, 1.54) is 24.2 Å². The third-order valence-corrected chi connectivity index (χ3v) is 6.20. The minimum atomic E-state index is -0.0354. The highest BCUT2D eigenvalue weighted by Crippen LogP contribution is 2.30. The topological polar surface area (TPSA) is 58.4 Å². The van der Waals surface area contributed by atoms with Gasteiger partial charge in [-0.2, -0.15) is 0 Å². The molecule has 1 saturated heterocycles. The van der Waals surface area contributed by atoms with E-state index in [0.29, 0.717) is 11.6 Å². The summed E-state index contributed by atoms with van der Waals surface area (Å²) in [5.74, 6) is 0.864. The minimum absolute atomic E-state index is 0.0354. The van der Waals surface area contributed by atoms with Gasteiger partial charge in [-0.05, 0) is 44.1 Å². The fraction of sp³-hybridized carbons (Fsp3) is 0.333. The summed E-state index contributed by atoms with van der Waals surface area (Å²) in [6, 6.07) is 11.6. The van der Waals surface area contributed by atoms with Crippen LogP contribution in [-0.2, 0) is 11.2 Å². The number of likely N-dealkylation sites (tertiary alicyclic amines) is 1. The first-order valence-corrected chi connectivity index (χ1v) is 10.7. The predicted octanol–water partition coefficient (Wildman–Crippen LogP) is 4.55. The third kappa shape index (κ3) is 4.46. The van der Waals surface area contributed by atoms with E-state index in [1.54, 1.807) is 6.26 Å². The first kappa shape index (κ1) is 19.2. The lowest BCUT2D eigenvalue weighted by molar-refractivity contribution is -0.120. The number of amides is 1. The Hall–Kier alpha value is -2.15. The minimum Gasteiger partial charge on any atom is -0.468 e. The fourth-order valence-corrected chi connectivity index (χ4v) is 4.67. The van der Waals surface area contributed by atoms with Crippen molar-refractivity contribution >= 4 is 28.8 Å².